The van der Waals surface area contributed by atoms with Crippen molar-refractivity contribution in [3.05, 3.63) is 114 Å². The van der Waals surface area contributed by atoms with Gasteiger partial charge in [0.25, 0.3) is 0 Å². The molecule has 4 aromatic rings. The highest BCUT2D eigenvalue weighted by Gasteiger charge is 2.25. The van der Waals surface area contributed by atoms with Crippen molar-refractivity contribution in [2.75, 3.05) is 26.4 Å². The maximum atomic E-state index is 11.9. The number of unbranched alkanes of at least 4 members (excludes halogenated alkanes) is 2. The number of carbonyl (C=O) groups excluding carboxylic acids is 1. The standard InChI is InChI=1S/C49H62O5/c1-6-8-9-11-36-13-15-38(16-14-36)39-17-19-40(20-18-39)41-21-23-42(24-22-41)43-25-27-46(37(7-2)30-43)44-26-28-47(54-34-49(5,32-50)33-51)45(31-44)12-10-29-53-48(52)35(3)4/h17-28,30-31,36,38,50-51H,3,6-16,29,32-34H2,1-2,4-5H3. The summed E-state index contributed by atoms with van der Waals surface area (Å²) < 4.78 is 11.5. The number of aliphatic hydroxyl groups excluding tert-OH is 2. The van der Waals surface area contributed by atoms with Gasteiger partial charge in [-0.25, -0.2) is 4.79 Å². The lowest BCUT2D eigenvalue weighted by atomic mass is 9.77. The Bertz CT molecular complexity index is 1790. The number of aryl methyl sites for hydroxylation is 2. The number of rotatable bonds is 19. The highest BCUT2D eigenvalue weighted by Crippen LogP contribution is 2.39. The van der Waals surface area contributed by atoms with E-state index in [0.717, 1.165) is 23.5 Å². The van der Waals surface area contributed by atoms with E-state index in [1.165, 1.54) is 90.3 Å². The molecule has 0 unspecified atom stereocenters. The van der Waals surface area contributed by atoms with Gasteiger partial charge in [0, 0.05) is 11.0 Å². The molecule has 0 saturated heterocycles. The number of benzene rings is 4. The first-order chi connectivity index (χ1) is 26.2. The average Bonchev–Trinajstić information content (AvgIpc) is 3.21. The van der Waals surface area contributed by atoms with E-state index in [1.807, 2.05) is 6.07 Å². The summed E-state index contributed by atoms with van der Waals surface area (Å²) in [6.45, 7) is 11.7. The molecule has 1 fully saturated rings. The zero-order valence-corrected chi connectivity index (χ0v) is 33.2. The van der Waals surface area contributed by atoms with Crippen LogP contribution in [0.2, 0.25) is 0 Å². The summed E-state index contributed by atoms with van der Waals surface area (Å²) in [6, 6.07) is 31.2. The minimum Gasteiger partial charge on any atom is -0.493 e. The number of esters is 1. The molecule has 4 aromatic carbocycles. The van der Waals surface area contributed by atoms with Crippen LogP contribution in [-0.4, -0.2) is 42.6 Å². The van der Waals surface area contributed by atoms with Crippen LogP contribution in [0.1, 0.15) is 108 Å². The van der Waals surface area contributed by atoms with E-state index in [-0.39, 0.29) is 26.4 Å². The molecule has 0 heterocycles. The lowest BCUT2D eigenvalue weighted by Gasteiger charge is -2.29. The summed E-state index contributed by atoms with van der Waals surface area (Å²) in [5, 5.41) is 19.6. The van der Waals surface area contributed by atoms with Gasteiger partial charge in [0.05, 0.1) is 26.4 Å². The molecule has 1 aliphatic carbocycles. The Hall–Kier alpha value is -4.19. The summed E-state index contributed by atoms with van der Waals surface area (Å²) in [5.74, 6) is 1.95. The largest absolute Gasteiger partial charge is 0.493 e. The third kappa shape index (κ3) is 11.0. The molecule has 5 nitrogen and oxygen atoms in total. The number of hydrogen-bond acceptors (Lipinski definition) is 5. The topological polar surface area (TPSA) is 76.0 Å². The summed E-state index contributed by atoms with van der Waals surface area (Å²) in [7, 11) is 0. The molecule has 0 atom stereocenters. The normalized spacial score (nSPS) is 15.9. The van der Waals surface area contributed by atoms with Crippen molar-refractivity contribution in [3.63, 3.8) is 0 Å². The second kappa shape index (κ2) is 19.9. The zero-order chi connectivity index (χ0) is 38.5. The molecule has 0 bridgehead atoms. The summed E-state index contributed by atoms with van der Waals surface area (Å²) in [4.78, 5) is 11.9. The second-order valence-electron chi connectivity index (χ2n) is 15.9. The van der Waals surface area contributed by atoms with Crippen molar-refractivity contribution in [2.45, 2.75) is 104 Å². The molecule has 2 N–H and O–H groups in total. The van der Waals surface area contributed by atoms with Crippen LogP contribution in [0.15, 0.2) is 97.1 Å². The van der Waals surface area contributed by atoms with Crippen LogP contribution in [0.4, 0.5) is 0 Å². The molecule has 5 rings (SSSR count). The molecule has 0 aromatic heterocycles. The molecular weight excluding hydrogens is 669 g/mol. The fourth-order valence-corrected chi connectivity index (χ4v) is 7.64. The van der Waals surface area contributed by atoms with Crippen molar-refractivity contribution >= 4 is 5.97 Å². The third-order valence-electron chi connectivity index (χ3n) is 11.4. The van der Waals surface area contributed by atoms with E-state index >= 15 is 0 Å². The molecule has 0 radical (unpaired) electrons. The molecule has 0 spiro atoms. The highest BCUT2D eigenvalue weighted by molar-refractivity contribution is 5.86. The van der Waals surface area contributed by atoms with E-state index < -0.39 is 11.4 Å². The van der Waals surface area contributed by atoms with Crippen molar-refractivity contribution in [1.29, 1.82) is 0 Å². The van der Waals surface area contributed by atoms with Gasteiger partial charge in [0.1, 0.15) is 5.75 Å². The van der Waals surface area contributed by atoms with Gasteiger partial charge in [-0.05, 0) is 126 Å². The first-order valence-corrected chi connectivity index (χ1v) is 20.3. The fourth-order valence-electron chi connectivity index (χ4n) is 7.64. The Morgan fingerprint density at radius 1 is 0.759 bits per heavy atom. The SMILES string of the molecule is C=C(C)C(=O)OCCCc1cc(-c2ccc(-c3ccc(-c4ccc(C5CCC(CCCCC)CC5)cc4)cc3)cc2CC)ccc1OCC(C)(CO)CO. The minimum absolute atomic E-state index is 0.177. The van der Waals surface area contributed by atoms with E-state index in [2.05, 4.69) is 99.3 Å². The van der Waals surface area contributed by atoms with Crippen LogP contribution in [0, 0.1) is 11.3 Å². The first-order valence-electron chi connectivity index (χ1n) is 20.3. The molecule has 54 heavy (non-hydrogen) atoms. The van der Waals surface area contributed by atoms with E-state index in [0.29, 0.717) is 30.1 Å². The Morgan fingerprint density at radius 2 is 1.35 bits per heavy atom. The third-order valence-corrected chi connectivity index (χ3v) is 11.4. The van der Waals surface area contributed by atoms with Crippen LogP contribution in [0.25, 0.3) is 33.4 Å². The minimum atomic E-state index is -0.757. The Morgan fingerprint density at radius 3 is 1.96 bits per heavy atom. The van der Waals surface area contributed by atoms with Gasteiger partial charge in [-0.3, -0.25) is 0 Å². The Balaban J connectivity index is 1.28. The summed E-state index contributed by atoms with van der Waals surface area (Å²) >= 11 is 0. The molecule has 0 aliphatic heterocycles. The number of carbonyl (C=O) groups is 1. The molecule has 5 heteroatoms. The zero-order valence-electron chi connectivity index (χ0n) is 33.2. The Kier molecular flexibility index (Phi) is 15.1. The van der Waals surface area contributed by atoms with E-state index in [4.69, 9.17) is 9.47 Å². The molecule has 288 valence electrons. The van der Waals surface area contributed by atoms with Crippen molar-refractivity contribution in [2.24, 2.45) is 11.3 Å². The quantitative estimate of drug-likeness (QED) is 0.0571. The number of hydrogen-bond donors (Lipinski definition) is 2. The van der Waals surface area contributed by atoms with Gasteiger partial charge in [0.2, 0.25) is 0 Å². The lowest BCUT2D eigenvalue weighted by Crippen LogP contribution is -2.33. The molecular formula is C49H62O5. The van der Waals surface area contributed by atoms with Gasteiger partial charge in [-0.2, -0.15) is 0 Å². The summed E-state index contributed by atoms with van der Waals surface area (Å²) in [6.07, 6.45) is 13.1. The van der Waals surface area contributed by atoms with E-state index in [9.17, 15) is 15.0 Å². The lowest BCUT2D eigenvalue weighted by molar-refractivity contribution is -0.139. The van der Waals surface area contributed by atoms with Crippen molar-refractivity contribution in [1.82, 2.24) is 0 Å². The van der Waals surface area contributed by atoms with Crippen LogP contribution < -0.4 is 4.74 Å². The van der Waals surface area contributed by atoms with Gasteiger partial charge < -0.3 is 19.7 Å². The smallest absolute Gasteiger partial charge is 0.333 e. The van der Waals surface area contributed by atoms with Gasteiger partial charge in [-0.1, -0.05) is 126 Å². The van der Waals surface area contributed by atoms with Gasteiger partial charge in [0.15, 0.2) is 0 Å². The van der Waals surface area contributed by atoms with E-state index in [1.54, 1.807) is 13.8 Å². The molecule has 1 saturated carbocycles. The highest BCUT2D eigenvalue weighted by atomic mass is 16.5. The van der Waals surface area contributed by atoms with Crippen molar-refractivity contribution in [3.8, 4) is 39.1 Å². The monoisotopic (exact) mass is 730 g/mol. The molecule has 1 aliphatic rings. The van der Waals surface area contributed by atoms with Crippen LogP contribution >= 0.6 is 0 Å². The van der Waals surface area contributed by atoms with Crippen molar-refractivity contribution < 1.29 is 24.5 Å². The average molecular weight is 731 g/mol. The maximum Gasteiger partial charge on any atom is 0.333 e. The Labute approximate surface area is 324 Å². The van der Waals surface area contributed by atoms with Crippen LogP contribution in [-0.2, 0) is 22.4 Å². The van der Waals surface area contributed by atoms with Crippen LogP contribution in [0.5, 0.6) is 5.75 Å². The van der Waals surface area contributed by atoms with Gasteiger partial charge >= 0.3 is 5.97 Å². The van der Waals surface area contributed by atoms with Gasteiger partial charge in [-0.15, -0.1) is 0 Å². The fraction of sp³-hybridized carbons (Fsp3) is 0.449. The first kappa shape index (κ1) is 41.0. The molecule has 0 amide bonds. The second-order valence-corrected chi connectivity index (χ2v) is 15.9. The number of ether oxygens (including phenoxy) is 2. The number of aliphatic hydroxyl groups is 2. The predicted octanol–water partition coefficient (Wildman–Crippen LogP) is 11.5. The predicted molar refractivity (Wildman–Crippen MR) is 223 cm³/mol. The maximum absolute atomic E-state index is 11.9. The summed E-state index contributed by atoms with van der Waals surface area (Å²) in [5.41, 5.74) is 10.5. The van der Waals surface area contributed by atoms with Crippen LogP contribution in [0.3, 0.4) is 0 Å².